The van der Waals surface area contributed by atoms with Gasteiger partial charge in [0.15, 0.2) is 0 Å². The van der Waals surface area contributed by atoms with E-state index >= 15 is 0 Å². The zero-order valence-electron chi connectivity index (χ0n) is 14.8. The molecule has 0 fully saturated rings. The molecule has 136 valence electrons. The van der Waals surface area contributed by atoms with E-state index in [1.807, 2.05) is 26.0 Å². The number of benzene rings is 2. The summed E-state index contributed by atoms with van der Waals surface area (Å²) in [5.74, 6) is 0.00935. The highest BCUT2D eigenvalue weighted by Gasteiger charge is 2.28. The largest absolute Gasteiger partial charge is 0.495 e. The fourth-order valence-corrected chi connectivity index (χ4v) is 3.06. The van der Waals surface area contributed by atoms with Crippen LogP contribution in [0.25, 0.3) is 0 Å². The summed E-state index contributed by atoms with van der Waals surface area (Å²) in [7, 11) is 1.52. The van der Waals surface area contributed by atoms with E-state index in [9.17, 15) is 9.59 Å². The predicted octanol–water partition coefficient (Wildman–Crippen LogP) is 3.73. The van der Waals surface area contributed by atoms with Crippen molar-refractivity contribution < 1.29 is 14.3 Å². The van der Waals surface area contributed by atoms with E-state index in [-0.39, 0.29) is 18.2 Å². The van der Waals surface area contributed by atoms with Crippen molar-refractivity contribution in [2.24, 2.45) is 0 Å². The van der Waals surface area contributed by atoms with E-state index in [1.165, 1.54) is 7.11 Å². The zero-order valence-corrected chi connectivity index (χ0v) is 15.5. The van der Waals surface area contributed by atoms with Gasteiger partial charge in [-0.05, 0) is 55.3 Å². The molecule has 0 bridgehead atoms. The minimum atomic E-state index is -0.640. The molecule has 0 unspecified atom stereocenters. The van der Waals surface area contributed by atoms with Crippen molar-refractivity contribution >= 4 is 40.5 Å². The van der Waals surface area contributed by atoms with Crippen LogP contribution >= 0.6 is 11.6 Å². The Balaban J connectivity index is 1.68. The van der Waals surface area contributed by atoms with Gasteiger partial charge in [0.05, 0.1) is 29.9 Å². The second kappa shape index (κ2) is 7.25. The van der Waals surface area contributed by atoms with E-state index in [1.54, 1.807) is 18.2 Å². The summed E-state index contributed by atoms with van der Waals surface area (Å²) in [6, 6.07) is 8.22. The molecule has 0 aliphatic carbocycles. The van der Waals surface area contributed by atoms with Crippen LogP contribution in [0.4, 0.5) is 17.1 Å². The third-order valence-corrected chi connectivity index (χ3v) is 4.66. The Kier molecular flexibility index (Phi) is 5.04. The van der Waals surface area contributed by atoms with E-state index < -0.39 is 6.04 Å². The van der Waals surface area contributed by atoms with Gasteiger partial charge >= 0.3 is 0 Å². The number of rotatable bonds is 4. The van der Waals surface area contributed by atoms with E-state index in [2.05, 4.69) is 16.0 Å². The van der Waals surface area contributed by atoms with Gasteiger partial charge in [-0.1, -0.05) is 11.6 Å². The number of ether oxygens (including phenoxy) is 1. The minimum absolute atomic E-state index is 0.00183. The summed E-state index contributed by atoms with van der Waals surface area (Å²) in [6.45, 7) is 3.99. The molecule has 3 rings (SSSR count). The van der Waals surface area contributed by atoms with Crippen molar-refractivity contribution in [3.05, 3.63) is 46.5 Å². The summed E-state index contributed by atoms with van der Waals surface area (Å²) in [6.07, 6.45) is 0.00183. The van der Waals surface area contributed by atoms with Crippen LogP contribution in [0, 0.1) is 13.8 Å². The van der Waals surface area contributed by atoms with Crippen molar-refractivity contribution in [2.75, 3.05) is 23.1 Å². The van der Waals surface area contributed by atoms with Gasteiger partial charge in [-0.3, -0.25) is 9.59 Å². The number of hydrogen-bond acceptors (Lipinski definition) is 4. The fraction of sp³-hybridized carbons (Fsp3) is 0.263. The molecular formula is C19H20ClN3O3. The lowest BCUT2D eigenvalue weighted by molar-refractivity contribution is -0.122. The van der Waals surface area contributed by atoms with Gasteiger partial charge in [-0.2, -0.15) is 0 Å². The van der Waals surface area contributed by atoms with Gasteiger partial charge in [0.25, 0.3) is 0 Å². The fourth-order valence-electron chi connectivity index (χ4n) is 2.80. The third-order valence-electron chi connectivity index (χ3n) is 4.36. The summed E-state index contributed by atoms with van der Waals surface area (Å²) in [5, 5.41) is 9.14. The molecule has 1 aliphatic rings. The molecule has 7 heteroatoms. The summed E-state index contributed by atoms with van der Waals surface area (Å²) in [4.78, 5) is 24.6. The number of amides is 2. The maximum Gasteiger partial charge on any atom is 0.247 e. The number of halogens is 1. The topological polar surface area (TPSA) is 79.5 Å². The van der Waals surface area contributed by atoms with Crippen LogP contribution in [0.1, 0.15) is 17.5 Å². The molecule has 0 aromatic heterocycles. The zero-order chi connectivity index (χ0) is 18.8. The van der Waals surface area contributed by atoms with Gasteiger partial charge < -0.3 is 20.7 Å². The first kappa shape index (κ1) is 18.1. The lowest BCUT2D eigenvalue weighted by atomic mass is 10.0. The number of carbonyl (C=O) groups is 2. The first-order chi connectivity index (χ1) is 12.4. The van der Waals surface area contributed by atoms with Crippen LogP contribution in [0.15, 0.2) is 30.3 Å². The molecule has 26 heavy (non-hydrogen) atoms. The molecule has 0 saturated heterocycles. The normalized spacial score (nSPS) is 15.5. The molecule has 3 N–H and O–H groups in total. The average Bonchev–Trinajstić information content (AvgIpc) is 2.57. The molecule has 0 saturated carbocycles. The van der Waals surface area contributed by atoms with Crippen molar-refractivity contribution in [3.63, 3.8) is 0 Å². The number of aryl methyl sites for hydroxylation is 2. The van der Waals surface area contributed by atoms with Crippen LogP contribution in [0.2, 0.25) is 5.02 Å². The monoisotopic (exact) mass is 373 g/mol. The Morgan fingerprint density at radius 1 is 1.19 bits per heavy atom. The van der Waals surface area contributed by atoms with Gasteiger partial charge in [0.2, 0.25) is 11.8 Å². The minimum Gasteiger partial charge on any atom is -0.495 e. The van der Waals surface area contributed by atoms with Crippen LogP contribution in [0.5, 0.6) is 5.75 Å². The standard InChI is InChI=1S/C19H20ClN3O3/c1-10-6-14-15(7-11(10)2)23-19(25)16(22-14)9-18(24)21-12-4-5-17(26-3)13(20)8-12/h4-8,16,22H,9H2,1-3H3,(H,21,24)(H,23,25)/t16-/m1/s1. The number of nitrogens with one attached hydrogen (secondary N) is 3. The molecule has 2 aromatic rings. The molecular weight excluding hydrogens is 354 g/mol. The summed E-state index contributed by atoms with van der Waals surface area (Å²) in [5.41, 5.74) is 4.31. The molecule has 0 spiro atoms. The van der Waals surface area contributed by atoms with Crippen molar-refractivity contribution in [1.82, 2.24) is 0 Å². The maximum atomic E-state index is 12.3. The second-order valence-corrected chi connectivity index (χ2v) is 6.68. The highest BCUT2D eigenvalue weighted by molar-refractivity contribution is 6.32. The highest BCUT2D eigenvalue weighted by Crippen LogP contribution is 2.31. The second-order valence-electron chi connectivity index (χ2n) is 6.27. The molecule has 2 aromatic carbocycles. The number of carbonyl (C=O) groups excluding carboxylic acids is 2. The lowest BCUT2D eigenvalue weighted by Gasteiger charge is -2.27. The van der Waals surface area contributed by atoms with E-state index in [4.69, 9.17) is 16.3 Å². The number of hydrogen-bond donors (Lipinski definition) is 3. The van der Waals surface area contributed by atoms with Crippen molar-refractivity contribution in [3.8, 4) is 5.75 Å². The molecule has 1 heterocycles. The van der Waals surface area contributed by atoms with Gasteiger partial charge in [-0.25, -0.2) is 0 Å². The van der Waals surface area contributed by atoms with Gasteiger partial charge in [-0.15, -0.1) is 0 Å². The Bertz CT molecular complexity index is 883. The lowest BCUT2D eigenvalue weighted by Crippen LogP contribution is -2.41. The Morgan fingerprint density at radius 2 is 1.88 bits per heavy atom. The van der Waals surface area contributed by atoms with Crippen LogP contribution in [-0.4, -0.2) is 25.0 Å². The van der Waals surface area contributed by atoms with Crippen LogP contribution < -0.4 is 20.7 Å². The Labute approximate surface area is 156 Å². The van der Waals surface area contributed by atoms with Crippen molar-refractivity contribution in [2.45, 2.75) is 26.3 Å². The Morgan fingerprint density at radius 3 is 2.54 bits per heavy atom. The number of fused-ring (bicyclic) bond motifs is 1. The number of anilines is 3. The first-order valence-electron chi connectivity index (χ1n) is 8.19. The smallest absolute Gasteiger partial charge is 0.247 e. The van der Waals surface area contributed by atoms with Crippen LogP contribution in [0.3, 0.4) is 0 Å². The SMILES string of the molecule is COc1ccc(NC(=O)C[C@H]2Nc3cc(C)c(C)cc3NC2=O)cc1Cl. The molecule has 2 amide bonds. The molecule has 6 nitrogen and oxygen atoms in total. The quantitative estimate of drug-likeness (QED) is 0.763. The summed E-state index contributed by atoms with van der Waals surface area (Å²) >= 11 is 6.06. The summed E-state index contributed by atoms with van der Waals surface area (Å²) < 4.78 is 5.08. The van der Waals surface area contributed by atoms with E-state index in [0.29, 0.717) is 16.5 Å². The molecule has 1 aliphatic heterocycles. The van der Waals surface area contributed by atoms with E-state index in [0.717, 1.165) is 22.5 Å². The van der Waals surface area contributed by atoms with Crippen molar-refractivity contribution in [1.29, 1.82) is 0 Å². The molecule has 1 atom stereocenters. The third kappa shape index (κ3) is 3.75. The predicted molar refractivity (Wildman–Crippen MR) is 103 cm³/mol. The molecule has 0 radical (unpaired) electrons. The number of methoxy groups -OCH3 is 1. The average molecular weight is 374 g/mol. The van der Waals surface area contributed by atoms with Gasteiger partial charge in [0, 0.05) is 5.69 Å². The Hall–Kier alpha value is -2.73. The first-order valence-corrected chi connectivity index (χ1v) is 8.57. The highest BCUT2D eigenvalue weighted by atomic mass is 35.5. The van der Waals surface area contributed by atoms with Crippen LogP contribution in [-0.2, 0) is 9.59 Å². The van der Waals surface area contributed by atoms with Gasteiger partial charge in [0.1, 0.15) is 11.8 Å². The maximum absolute atomic E-state index is 12.3.